The Kier molecular flexibility index (Phi) is 10.1. The molecule has 1 unspecified atom stereocenters. The lowest BCUT2D eigenvalue weighted by atomic mass is 9.77. The molecule has 5 heteroatoms. The summed E-state index contributed by atoms with van der Waals surface area (Å²) in [5, 5.41) is 1.58. The molecule has 0 aromatic heterocycles. The largest absolute Gasteiger partial charge is 0.496 e. The van der Waals surface area contributed by atoms with Crippen molar-refractivity contribution in [2.45, 2.75) is 136 Å². The molecule has 2 aromatic rings. The first-order valence-electron chi connectivity index (χ1n) is 14.2. The molecule has 2 aromatic carbocycles. The molecular formula is C34H56NO2PS. The summed E-state index contributed by atoms with van der Waals surface area (Å²) in [5.41, 5.74) is 4.44. The summed E-state index contributed by atoms with van der Waals surface area (Å²) in [6.45, 7) is 33.7. The maximum atomic E-state index is 13.8. The highest BCUT2D eigenvalue weighted by Crippen LogP contribution is 2.59. The molecule has 0 aliphatic rings. The average molecular weight is 574 g/mol. The Labute approximate surface area is 244 Å². The minimum atomic E-state index is -1.27. The number of nitrogens with one attached hydrogen (secondary N) is 1. The van der Waals surface area contributed by atoms with E-state index in [1.54, 1.807) is 7.11 Å². The van der Waals surface area contributed by atoms with E-state index in [4.69, 9.17) is 4.74 Å². The quantitative estimate of drug-likeness (QED) is 0.350. The Morgan fingerprint density at radius 3 is 1.54 bits per heavy atom. The predicted octanol–water partition coefficient (Wildman–Crippen LogP) is 9.14. The van der Waals surface area contributed by atoms with Crippen LogP contribution in [0.15, 0.2) is 36.4 Å². The molecule has 0 amide bonds. The normalized spacial score (nSPS) is 15.4. The number of hydrogen-bond donors (Lipinski definition) is 1. The zero-order chi connectivity index (χ0) is 30.4. The maximum absolute atomic E-state index is 13.8. The molecule has 0 radical (unpaired) electrons. The Bertz CT molecular complexity index is 1120. The van der Waals surface area contributed by atoms with E-state index in [-0.39, 0.29) is 27.2 Å². The van der Waals surface area contributed by atoms with Crippen LogP contribution in [0.3, 0.4) is 0 Å². The first kappa shape index (κ1) is 34.0. The highest BCUT2D eigenvalue weighted by atomic mass is 32.2. The van der Waals surface area contributed by atoms with Gasteiger partial charge in [-0.25, -0.2) is 8.93 Å². The van der Waals surface area contributed by atoms with Crippen molar-refractivity contribution in [3.05, 3.63) is 58.7 Å². The van der Waals surface area contributed by atoms with Crippen LogP contribution in [-0.4, -0.2) is 26.4 Å². The summed E-state index contributed by atoms with van der Waals surface area (Å²) >= 11 is 0. The molecule has 1 N–H and O–H groups in total. The summed E-state index contributed by atoms with van der Waals surface area (Å²) < 4.78 is 23.1. The highest BCUT2D eigenvalue weighted by molar-refractivity contribution is 7.84. The third-order valence-electron chi connectivity index (χ3n) is 6.88. The first-order chi connectivity index (χ1) is 17.4. The van der Waals surface area contributed by atoms with Gasteiger partial charge in [-0.3, -0.25) is 0 Å². The lowest BCUT2D eigenvalue weighted by Gasteiger charge is -2.43. The molecule has 220 valence electrons. The maximum Gasteiger partial charge on any atom is 0.126 e. The van der Waals surface area contributed by atoms with Gasteiger partial charge in [0.2, 0.25) is 0 Å². The van der Waals surface area contributed by atoms with E-state index in [1.165, 1.54) is 22.0 Å². The van der Waals surface area contributed by atoms with Gasteiger partial charge in [-0.2, -0.15) is 0 Å². The molecule has 0 aliphatic heterocycles. The van der Waals surface area contributed by atoms with Crippen LogP contribution in [0.4, 0.5) is 0 Å². The third kappa shape index (κ3) is 8.17. The van der Waals surface area contributed by atoms with Gasteiger partial charge in [-0.1, -0.05) is 115 Å². The van der Waals surface area contributed by atoms with Gasteiger partial charge in [0.25, 0.3) is 0 Å². The van der Waals surface area contributed by atoms with Crippen LogP contribution < -0.4 is 14.8 Å². The van der Waals surface area contributed by atoms with Crippen molar-refractivity contribution in [3.8, 4) is 5.75 Å². The molecule has 0 saturated heterocycles. The van der Waals surface area contributed by atoms with Gasteiger partial charge in [0.15, 0.2) is 0 Å². The standard InChI is InChI=1S/C34H56NO2PS/c1-30(2,3)25-21-23(22-26(29(25)37-16)31(4,5)6)28(35-39(36)34(13,14)15)24-19-17-18-20-27(24)38(32(7,8)9)33(10,11)12/h17-22,28,35H,1-16H3/t28-,39?/m1/s1. The zero-order valence-electron chi connectivity index (χ0n) is 27.7. The van der Waals surface area contributed by atoms with Crippen molar-refractivity contribution in [1.29, 1.82) is 0 Å². The van der Waals surface area contributed by atoms with E-state index in [2.05, 4.69) is 124 Å². The number of benzene rings is 2. The number of rotatable bonds is 6. The van der Waals surface area contributed by atoms with Crippen molar-refractivity contribution < 1.29 is 8.95 Å². The smallest absolute Gasteiger partial charge is 0.126 e. The van der Waals surface area contributed by atoms with Gasteiger partial charge < -0.3 is 4.74 Å². The van der Waals surface area contributed by atoms with Gasteiger partial charge >= 0.3 is 0 Å². The van der Waals surface area contributed by atoms with Gasteiger partial charge in [-0.05, 0) is 70.5 Å². The van der Waals surface area contributed by atoms with E-state index in [9.17, 15) is 4.21 Å². The Morgan fingerprint density at radius 1 is 0.744 bits per heavy atom. The van der Waals surface area contributed by atoms with Crippen molar-refractivity contribution in [2.75, 3.05) is 7.11 Å². The predicted molar refractivity (Wildman–Crippen MR) is 176 cm³/mol. The zero-order valence-corrected chi connectivity index (χ0v) is 29.4. The fourth-order valence-corrected chi connectivity index (χ4v) is 10.4. The van der Waals surface area contributed by atoms with Crippen LogP contribution in [-0.2, 0) is 21.8 Å². The van der Waals surface area contributed by atoms with E-state index in [0.717, 1.165) is 11.3 Å². The minimum absolute atomic E-state index is 0.102. The molecule has 2 rings (SSSR count). The van der Waals surface area contributed by atoms with Crippen LogP contribution >= 0.6 is 7.92 Å². The highest BCUT2D eigenvalue weighted by Gasteiger charge is 2.39. The van der Waals surface area contributed by atoms with Crippen LogP contribution in [0, 0.1) is 0 Å². The summed E-state index contributed by atoms with van der Waals surface area (Å²) in [5.74, 6) is 0.953. The molecule has 0 aliphatic carbocycles. The Hall–Kier alpha value is -1.22. The molecule has 0 saturated carbocycles. The van der Waals surface area contributed by atoms with Crippen LogP contribution in [0.5, 0.6) is 5.75 Å². The van der Waals surface area contributed by atoms with Crippen molar-refractivity contribution in [2.24, 2.45) is 0 Å². The fraction of sp³-hybridized carbons (Fsp3) is 0.647. The number of hydrogen-bond acceptors (Lipinski definition) is 2. The van der Waals surface area contributed by atoms with Crippen LogP contribution in [0.1, 0.15) is 132 Å². The molecule has 2 atom stereocenters. The van der Waals surface area contributed by atoms with E-state index in [1.807, 2.05) is 20.8 Å². The van der Waals surface area contributed by atoms with Crippen molar-refractivity contribution in [1.82, 2.24) is 4.72 Å². The summed E-state index contributed by atoms with van der Waals surface area (Å²) in [4.78, 5) is 0. The van der Waals surface area contributed by atoms with E-state index in [0.29, 0.717) is 0 Å². The van der Waals surface area contributed by atoms with Gasteiger partial charge in [0, 0.05) is 11.1 Å². The second-order valence-electron chi connectivity index (χ2n) is 15.8. The van der Waals surface area contributed by atoms with Crippen molar-refractivity contribution >= 4 is 24.2 Å². The fourth-order valence-electron chi connectivity index (χ4n) is 5.41. The Balaban J connectivity index is 3.05. The van der Waals surface area contributed by atoms with Gasteiger partial charge in [0.05, 0.1) is 28.9 Å². The molecule has 39 heavy (non-hydrogen) atoms. The van der Waals surface area contributed by atoms with Crippen LogP contribution in [0.2, 0.25) is 0 Å². The molecule has 3 nitrogen and oxygen atoms in total. The molecule has 0 fully saturated rings. The molecule has 0 heterocycles. The van der Waals surface area contributed by atoms with Crippen molar-refractivity contribution in [3.63, 3.8) is 0 Å². The topological polar surface area (TPSA) is 38.3 Å². The lowest BCUT2D eigenvalue weighted by Crippen LogP contribution is -2.39. The summed E-state index contributed by atoms with van der Waals surface area (Å²) in [6.07, 6.45) is 0. The summed E-state index contributed by atoms with van der Waals surface area (Å²) in [6, 6.07) is 13.2. The summed E-state index contributed by atoms with van der Waals surface area (Å²) in [7, 11) is -0.0601. The molecule has 0 bridgehead atoms. The van der Waals surface area contributed by atoms with E-state index >= 15 is 0 Å². The van der Waals surface area contributed by atoms with Gasteiger partial charge in [-0.15, -0.1) is 0 Å². The second-order valence-corrected chi connectivity index (χ2v) is 21.7. The molecular weight excluding hydrogens is 517 g/mol. The lowest BCUT2D eigenvalue weighted by molar-refractivity contribution is 0.381. The minimum Gasteiger partial charge on any atom is -0.496 e. The first-order valence-corrected chi connectivity index (χ1v) is 16.7. The Morgan fingerprint density at radius 2 is 1.18 bits per heavy atom. The second kappa shape index (κ2) is 11.6. The number of methoxy groups -OCH3 is 1. The van der Waals surface area contributed by atoms with E-state index < -0.39 is 23.7 Å². The monoisotopic (exact) mass is 573 g/mol. The molecule has 0 spiro atoms. The van der Waals surface area contributed by atoms with Gasteiger partial charge in [0.1, 0.15) is 5.75 Å². The average Bonchev–Trinajstić information content (AvgIpc) is 2.73. The number of ether oxygens (including phenoxy) is 1. The SMILES string of the molecule is COc1c(C(C)(C)C)cc([C@@H](NS(=O)C(C)(C)C)c2ccccc2P(C(C)(C)C)C(C)(C)C)cc1C(C)(C)C. The third-order valence-corrected chi connectivity index (χ3v) is 12.0. The van der Waals surface area contributed by atoms with Crippen LogP contribution in [0.25, 0.3) is 0 Å².